The Kier molecular flexibility index (Phi) is 4.64. The van der Waals surface area contributed by atoms with Crippen molar-refractivity contribution in [3.63, 3.8) is 0 Å². The molecule has 3 rings (SSSR count). The van der Waals surface area contributed by atoms with Crippen LogP contribution in [0, 0.1) is 0 Å². The zero-order valence-corrected chi connectivity index (χ0v) is 15.1. The standard InChI is InChI=1S/C19H26N4O2/c1-18(2,3)16-6-11-23(21-16)19(17(24)25)7-12-22(13-8-19)14-15-4-9-20-10-5-15/h4-6,9-11H,7-8,12-14H2,1-3H3,(H,24,25). The molecule has 6 heteroatoms. The summed E-state index contributed by atoms with van der Waals surface area (Å²) in [5.74, 6) is -0.792. The summed E-state index contributed by atoms with van der Waals surface area (Å²) in [6.07, 6.45) is 6.52. The molecular formula is C19H26N4O2. The predicted octanol–water partition coefficient (Wildman–Crippen LogP) is 2.65. The van der Waals surface area contributed by atoms with Crippen molar-refractivity contribution in [2.45, 2.75) is 51.1 Å². The van der Waals surface area contributed by atoms with Crippen LogP contribution in [0.25, 0.3) is 0 Å². The van der Waals surface area contributed by atoms with E-state index in [0.717, 1.165) is 25.3 Å². The number of hydrogen-bond donors (Lipinski definition) is 1. The highest BCUT2D eigenvalue weighted by atomic mass is 16.4. The normalized spacial score (nSPS) is 18.2. The van der Waals surface area contributed by atoms with Gasteiger partial charge in [0.1, 0.15) is 0 Å². The molecule has 0 aromatic carbocycles. The fraction of sp³-hybridized carbons (Fsp3) is 0.526. The smallest absolute Gasteiger partial charge is 0.331 e. The highest BCUT2D eigenvalue weighted by Gasteiger charge is 2.44. The maximum Gasteiger partial charge on any atom is 0.331 e. The molecule has 0 bridgehead atoms. The number of carboxylic acid groups (broad SMARTS) is 1. The molecule has 1 saturated heterocycles. The van der Waals surface area contributed by atoms with Crippen LogP contribution in [0.5, 0.6) is 0 Å². The van der Waals surface area contributed by atoms with Crippen LogP contribution in [-0.4, -0.2) is 43.8 Å². The average Bonchev–Trinajstić information content (AvgIpc) is 3.07. The Morgan fingerprint density at radius 3 is 2.36 bits per heavy atom. The van der Waals surface area contributed by atoms with Crippen LogP contribution in [0.4, 0.5) is 0 Å². The van der Waals surface area contributed by atoms with Crippen LogP contribution in [0.2, 0.25) is 0 Å². The maximum atomic E-state index is 12.1. The molecule has 0 spiro atoms. The lowest BCUT2D eigenvalue weighted by Gasteiger charge is -2.39. The van der Waals surface area contributed by atoms with Crippen LogP contribution in [0.1, 0.15) is 44.9 Å². The van der Waals surface area contributed by atoms with Gasteiger partial charge in [0.05, 0.1) is 5.69 Å². The molecule has 134 valence electrons. The third kappa shape index (κ3) is 3.58. The minimum Gasteiger partial charge on any atom is -0.479 e. The second-order valence-corrected chi connectivity index (χ2v) is 7.86. The molecule has 1 aliphatic heterocycles. The highest BCUT2D eigenvalue weighted by Crippen LogP contribution is 2.32. The van der Waals surface area contributed by atoms with E-state index in [-0.39, 0.29) is 5.41 Å². The fourth-order valence-corrected chi connectivity index (χ4v) is 3.33. The lowest BCUT2D eigenvalue weighted by atomic mass is 9.87. The van der Waals surface area contributed by atoms with Gasteiger partial charge < -0.3 is 5.11 Å². The van der Waals surface area contributed by atoms with Crippen LogP contribution >= 0.6 is 0 Å². The molecule has 0 unspecified atom stereocenters. The van der Waals surface area contributed by atoms with Gasteiger partial charge in [-0.15, -0.1) is 0 Å². The first-order valence-corrected chi connectivity index (χ1v) is 8.72. The summed E-state index contributed by atoms with van der Waals surface area (Å²) in [6.45, 7) is 8.56. The van der Waals surface area contributed by atoms with E-state index in [4.69, 9.17) is 0 Å². The molecule has 1 aliphatic rings. The molecule has 6 nitrogen and oxygen atoms in total. The Labute approximate surface area is 148 Å². The molecule has 3 heterocycles. The largest absolute Gasteiger partial charge is 0.479 e. The molecule has 25 heavy (non-hydrogen) atoms. The number of likely N-dealkylation sites (tertiary alicyclic amines) is 1. The van der Waals surface area contributed by atoms with E-state index in [1.165, 1.54) is 5.56 Å². The summed E-state index contributed by atoms with van der Waals surface area (Å²) in [6, 6.07) is 5.94. The molecular weight excluding hydrogens is 316 g/mol. The van der Waals surface area contributed by atoms with Crippen LogP contribution < -0.4 is 0 Å². The van der Waals surface area contributed by atoms with Crippen molar-refractivity contribution in [3.05, 3.63) is 48.0 Å². The summed E-state index contributed by atoms with van der Waals surface area (Å²) in [7, 11) is 0. The molecule has 1 fully saturated rings. The third-order valence-electron chi connectivity index (χ3n) is 5.03. The average molecular weight is 342 g/mol. The number of piperidine rings is 1. The van der Waals surface area contributed by atoms with Gasteiger partial charge in [0.15, 0.2) is 5.54 Å². The molecule has 1 N–H and O–H groups in total. The number of pyridine rings is 1. The van der Waals surface area contributed by atoms with E-state index < -0.39 is 11.5 Å². The van der Waals surface area contributed by atoms with Gasteiger partial charge in [0, 0.05) is 43.6 Å². The molecule has 2 aromatic rings. The Bertz CT molecular complexity index is 725. The molecule has 0 aliphatic carbocycles. The zero-order chi connectivity index (χ0) is 18.1. The van der Waals surface area contributed by atoms with E-state index in [2.05, 4.69) is 35.8 Å². The van der Waals surface area contributed by atoms with Crippen molar-refractivity contribution < 1.29 is 9.90 Å². The van der Waals surface area contributed by atoms with Crippen molar-refractivity contribution in [2.24, 2.45) is 0 Å². The Morgan fingerprint density at radius 2 is 1.84 bits per heavy atom. The number of aliphatic carboxylic acids is 1. The number of aromatic nitrogens is 3. The van der Waals surface area contributed by atoms with Crippen molar-refractivity contribution in [1.82, 2.24) is 19.7 Å². The van der Waals surface area contributed by atoms with Gasteiger partial charge in [-0.2, -0.15) is 5.10 Å². The first-order chi connectivity index (χ1) is 11.8. The lowest BCUT2D eigenvalue weighted by Crippen LogP contribution is -2.51. The van der Waals surface area contributed by atoms with Gasteiger partial charge >= 0.3 is 5.97 Å². The topological polar surface area (TPSA) is 71.2 Å². The second-order valence-electron chi connectivity index (χ2n) is 7.86. The zero-order valence-electron chi connectivity index (χ0n) is 15.1. The van der Waals surface area contributed by atoms with Gasteiger partial charge in [0.2, 0.25) is 0 Å². The fourth-order valence-electron chi connectivity index (χ4n) is 3.33. The van der Waals surface area contributed by atoms with Gasteiger partial charge in [0.25, 0.3) is 0 Å². The third-order valence-corrected chi connectivity index (χ3v) is 5.03. The number of carbonyl (C=O) groups is 1. The quantitative estimate of drug-likeness (QED) is 0.925. The van der Waals surface area contributed by atoms with Gasteiger partial charge in [-0.25, -0.2) is 4.79 Å². The minimum atomic E-state index is -0.946. The van der Waals surface area contributed by atoms with Crippen LogP contribution in [-0.2, 0) is 22.3 Å². The van der Waals surface area contributed by atoms with E-state index in [0.29, 0.717) is 12.8 Å². The van der Waals surface area contributed by atoms with Crippen LogP contribution in [0.3, 0.4) is 0 Å². The number of hydrogen-bond acceptors (Lipinski definition) is 4. The highest BCUT2D eigenvalue weighted by molar-refractivity contribution is 5.76. The summed E-state index contributed by atoms with van der Waals surface area (Å²) in [4.78, 5) is 18.4. The summed E-state index contributed by atoms with van der Waals surface area (Å²) in [5, 5.41) is 14.6. The Hall–Kier alpha value is -2.21. The Balaban J connectivity index is 1.75. The summed E-state index contributed by atoms with van der Waals surface area (Å²) < 4.78 is 1.68. The van der Waals surface area contributed by atoms with Crippen molar-refractivity contribution in [3.8, 4) is 0 Å². The molecule has 0 amide bonds. The molecule has 0 atom stereocenters. The number of carboxylic acids is 1. The molecule has 2 aromatic heterocycles. The van der Waals surface area contributed by atoms with E-state index in [1.807, 2.05) is 24.4 Å². The van der Waals surface area contributed by atoms with Crippen molar-refractivity contribution >= 4 is 5.97 Å². The second kappa shape index (κ2) is 6.59. The van der Waals surface area contributed by atoms with E-state index >= 15 is 0 Å². The van der Waals surface area contributed by atoms with Crippen LogP contribution in [0.15, 0.2) is 36.8 Å². The number of rotatable bonds is 4. The van der Waals surface area contributed by atoms with Gasteiger partial charge in [-0.3, -0.25) is 14.6 Å². The minimum absolute atomic E-state index is 0.0903. The lowest BCUT2D eigenvalue weighted by molar-refractivity contribution is -0.151. The molecule has 0 radical (unpaired) electrons. The van der Waals surface area contributed by atoms with Gasteiger partial charge in [-0.1, -0.05) is 20.8 Å². The maximum absolute atomic E-state index is 12.1. The summed E-state index contributed by atoms with van der Waals surface area (Å²) >= 11 is 0. The van der Waals surface area contributed by atoms with E-state index in [9.17, 15) is 9.90 Å². The Morgan fingerprint density at radius 1 is 1.20 bits per heavy atom. The monoisotopic (exact) mass is 342 g/mol. The van der Waals surface area contributed by atoms with E-state index in [1.54, 1.807) is 17.1 Å². The first-order valence-electron chi connectivity index (χ1n) is 8.72. The van der Waals surface area contributed by atoms with Gasteiger partial charge in [-0.05, 0) is 36.6 Å². The SMILES string of the molecule is CC(C)(C)c1ccn(C2(C(=O)O)CCN(Cc3ccncc3)CC2)n1. The molecule has 0 saturated carbocycles. The first kappa shape index (κ1) is 17.6. The predicted molar refractivity (Wildman–Crippen MR) is 95.3 cm³/mol. The number of nitrogens with zero attached hydrogens (tertiary/aromatic N) is 4. The van der Waals surface area contributed by atoms with Crippen molar-refractivity contribution in [1.29, 1.82) is 0 Å². The van der Waals surface area contributed by atoms with Crippen molar-refractivity contribution in [2.75, 3.05) is 13.1 Å². The summed E-state index contributed by atoms with van der Waals surface area (Å²) in [5.41, 5.74) is 1.09.